The van der Waals surface area contributed by atoms with E-state index in [1.807, 2.05) is 0 Å². The first kappa shape index (κ1) is 21.2. The van der Waals surface area contributed by atoms with Gasteiger partial charge in [-0.25, -0.2) is 0 Å². The summed E-state index contributed by atoms with van der Waals surface area (Å²) in [6.45, 7) is 10.0. The highest BCUT2D eigenvalue weighted by Crippen LogP contribution is 2.22. The zero-order chi connectivity index (χ0) is 15.5. The van der Waals surface area contributed by atoms with E-state index in [2.05, 4.69) is 59.3 Å². The van der Waals surface area contributed by atoms with Crippen molar-refractivity contribution in [3.8, 4) is 0 Å². The van der Waals surface area contributed by atoms with E-state index in [9.17, 15) is 4.79 Å². The van der Waals surface area contributed by atoms with Crippen LogP contribution >= 0.6 is 24.8 Å². The first-order valence-electron chi connectivity index (χ1n) is 8.42. The van der Waals surface area contributed by atoms with E-state index in [1.54, 1.807) is 0 Å². The van der Waals surface area contributed by atoms with Crippen LogP contribution in [0.15, 0.2) is 30.3 Å². The normalized spacial score (nSPS) is 22.8. The second-order valence-corrected chi connectivity index (χ2v) is 6.81. The summed E-state index contributed by atoms with van der Waals surface area (Å²) in [6, 6.07) is 10.9. The molecule has 2 heterocycles. The molecule has 136 valence electrons. The minimum atomic E-state index is 0. The van der Waals surface area contributed by atoms with Crippen LogP contribution < -0.4 is 5.32 Å². The number of halogens is 2. The maximum absolute atomic E-state index is 12.7. The lowest BCUT2D eigenvalue weighted by molar-refractivity contribution is -0.142. The van der Waals surface area contributed by atoms with Gasteiger partial charge in [-0.3, -0.25) is 9.69 Å². The first-order valence-corrected chi connectivity index (χ1v) is 8.42. The highest BCUT2D eigenvalue weighted by atomic mass is 35.5. The second-order valence-electron chi connectivity index (χ2n) is 6.81. The number of hydrogen-bond acceptors (Lipinski definition) is 3. The highest BCUT2D eigenvalue weighted by molar-refractivity contribution is 5.85. The Kier molecular flexibility index (Phi) is 8.51. The number of carbonyl (C=O) groups is 1. The quantitative estimate of drug-likeness (QED) is 0.879. The Balaban J connectivity index is 0.00000144. The molecule has 0 spiro atoms. The summed E-state index contributed by atoms with van der Waals surface area (Å²) in [6.07, 6.45) is 0. The van der Waals surface area contributed by atoms with Crippen LogP contribution in [0.4, 0.5) is 0 Å². The molecule has 24 heavy (non-hydrogen) atoms. The molecular formula is C18H29Cl2N3O. The van der Waals surface area contributed by atoms with Crippen molar-refractivity contribution in [3.63, 3.8) is 0 Å². The van der Waals surface area contributed by atoms with Gasteiger partial charge in [0.05, 0.1) is 0 Å². The molecule has 0 bridgehead atoms. The molecule has 2 saturated heterocycles. The van der Waals surface area contributed by atoms with Gasteiger partial charge in [0.1, 0.15) is 0 Å². The average Bonchev–Trinajstić information content (AvgIpc) is 2.46. The fourth-order valence-electron chi connectivity index (χ4n) is 3.47. The minimum absolute atomic E-state index is 0. The molecule has 2 fully saturated rings. The number of benzene rings is 1. The maximum atomic E-state index is 12.7. The number of rotatable bonds is 4. The molecule has 2 atom stereocenters. The second kappa shape index (κ2) is 9.62. The lowest BCUT2D eigenvalue weighted by atomic mass is 9.87. The third-order valence-corrected chi connectivity index (χ3v) is 5.15. The van der Waals surface area contributed by atoms with E-state index < -0.39 is 0 Å². The third kappa shape index (κ3) is 4.85. The molecule has 3 rings (SSSR count). The van der Waals surface area contributed by atoms with Crippen LogP contribution in [0.1, 0.15) is 19.4 Å². The van der Waals surface area contributed by atoms with Crippen molar-refractivity contribution in [2.24, 2.45) is 11.8 Å². The number of nitrogens with one attached hydrogen (secondary N) is 1. The van der Waals surface area contributed by atoms with Gasteiger partial charge in [-0.15, -0.1) is 24.8 Å². The molecule has 0 saturated carbocycles. The van der Waals surface area contributed by atoms with E-state index in [0.29, 0.717) is 17.9 Å². The molecule has 1 aromatic carbocycles. The zero-order valence-electron chi connectivity index (χ0n) is 14.5. The van der Waals surface area contributed by atoms with Crippen molar-refractivity contribution in [1.29, 1.82) is 0 Å². The molecule has 0 aliphatic carbocycles. The maximum Gasteiger partial charge on any atom is 0.226 e. The van der Waals surface area contributed by atoms with Crippen LogP contribution in [-0.4, -0.2) is 54.5 Å². The van der Waals surface area contributed by atoms with Crippen LogP contribution in [0.25, 0.3) is 0 Å². The summed E-state index contributed by atoms with van der Waals surface area (Å²) < 4.78 is 0. The number of hydrogen-bond donors (Lipinski definition) is 1. The van der Waals surface area contributed by atoms with E-state index in [4.69, 9.17) is 0 Å². The summed E-state index contributed by atoms with van der Waals surface area (Å²) >= 11 is 0. The van der Waals surface area contributed by atoms with Crippen LogP contribution in [0.3, 0.4) is 0 Å². The molecule has 1 amide bonds. The van der Waals surface area contributed by atoms with Crippen LogP contribution in [0, 0.1) is 11.8 Å². The third-order valence-electron chi connectivity index (χ3n) is 5.15. The van der Waals surface area contributed by atoms with Crippen molar-refractivity contribution < 1.29 is 4.79 Å². The molecule has 4 nitrogen and oxygen atoms in total. The van der Waals surface area contributed by atoms with Gasteiger partial charge in [-0.05, 0) is 31.5 Å². The molecule has 2 aliphatic rings. The SMILES string of the molecule is CC(C(=O)N1CCN(Cc2ccccc2)CC1C)C1CNC1.Cl.Cl. The molecular weight excluding hydrogens is 345 g/mol. The zero-order valence-corrected chi connectivity index (χ0v) is 16.1. The van der Waals surface area contributed by atoms with Gasteiger partial charge in [0.2, 0.25) is 5.91 Å². The summed E-state index contributed by atoms with van der Waals surface area (Å²) in [5.41, 5.74) is 1.35. The Bertz CT molecular complexity index is 510. The van der Waals surface area contributed by atoms with E-state index in [1.165, 1.54) is 5.56 Å². The van der Waals surface area contributed by atoms with Crippen LogP contribution in [0.5, 0.6) is 0 Å². The molecule has 0 radical (unpaired) electrons. The Morgan fingerprint density at radius 3 is 2.42 bits per heavy atom. The Morgan fingerprint density at radius 1 is 1.21 bits per heavy atom. The van der Waals surface area contributed by atoms with Crippen molar-refractivity contribution in [2.75, 3.05) is 32.7 Å². The van der Waals surface area contributed by atoms with E-state index in [-0.39, 0.29) is 30.7 Å². The van der Waals surface area contributed by atoms with Crippen molar-refractivity contribution in [2.45, 2.75) is 26.4 Å². The fraction of sp³-hybridized carbons (Fsp3) is 0.611. The van der Waals surface area contributed by atoms with Gasteiger partial charge in [-0.2, -0.15) is 0 Å². The fourth-order valence-corrected chi connectivity index (χ4v) is 3.47. The number of piperazine rings is 1. The lowest BCUT2D eigenvalue weighted by Gasteiger charge is -2.43. The molecule has 2 unspecified atom stereocenters. The first-order chi connectivity index (χ1) is 10.6. The predicted octanol–water partition coefficient (Wildman–Crippen LogP) is 2.42. The smallest absolute Gasteiger partial charge is 0.226 e. The van der Waals surface area contributed by atoms with Gasteiger partial charge in [0.15, 0.2) is 0 Å². The minimum Gasteiger partial charge on any atom is -0.337 e. The molecule has 2 aliphatic heterocycles. The van der Waals surface area contributed by atoms with Gasteiger partial charge in [-0.1, -0.05) is 37.3 Å². The summed E-state index contributed by atoms with van der Waals surface area (Å²) in [5.74, 6) is 1.03. The standard InChI is InChI=1S/C18H27N3O.2ClH/c1-14-12-20(13-16-6-4-3-5-7-16)8-9-21(14)18(22)15(2)17-10-19-11-17;;/h3-7,14-15,17,19H,8-13H2,1-2H3;2*1H. The van der Waals surface area contributed by atoms with Crippen molar-refractivity contribution >= 4 is 30.7 Å². The lowest BCUT2D eigenvalue weighted by Crippen LogP contribution is -2.57. The average molecular weight is 374 g/mol. The Morgan fingerprint density at radius 2 is 1.88 bits per heavy atom. The molecule has 0 aromatic heterocycles. The number of nitrogens with zero attached hydrogens (tertiary/aromatic N) is 2. The number of amides is 1. The topological polar surface area (TPSA) is 35.6 Å². The highest BCUT2D eigenvalue weighted by Gasteiger charge is 2.35. The largest absolute Gasteiger partial charge is 0.337 e. The summed E-state index contributed by atoms with van der Waals surface area (Å²) in [4.78, 5) is 17.2. The van der Waals surface area contributed by atoms with Crippen LogP contribution in [-0.2, 0) is 11.3 Å². The molecule has 1 N–H and O–H groups in total. The van der Waals surface area contributed by atoms with Crippen LogP contribution in [0.2, 0.25) is 0 Å². The Hall–Kier alpha value is -0.810. The van der Waals surface area contributed by atoms with Crippen molar-refractivity contribution in [1.82, 2.24) is 15.1 Å². The summed E-state index contributed by atoms with van der Waals surface area (Å²) in [7, 11) is 0. The number of carbonyl (C=O) groups excluding carboxylic acids is 1. The predicted molar refractivity (Wildman–Crippen MR) is 103 cm³/mol. The molecule has 1 aromatic rings. The Labute approximate surface area is 157 Å². The molecule has 6 heteroatoms. The van der Waals surface area contributed by atoms with Crippen molar-refractivity contribution in [3.05, 3.63) is 35.9 Å². The van der Waals surface area contributed by atoms with Gasteiger partial charge in [0, 0.05) is 38.1 Å². The van der Waals surface area contributed by atoms with Gasteiger partial charge < -0.3 is 10.2 Å². The van der Waals surface area contributed by atoms with E-state index in [0.717, 1.165) is 39.3 Å². The van der Waals surface area contributed by atoms with Gasteiger partial charge >= 0.3 is 0 Å². The van der Waals surface area contributed by atoms with Gasteiger partial charge in [0.25, 0.3) is 0 Å². The van der Waals surface area contributed by atoms with E-state index >= 15 is 0 Å². The monoisotopic (exact) mass is 373 g/mol. The summed E-state index contributed by atoms with van der Waals surface area (Å²) in [5, 5.41) is 3.27.